The molecule has 96 valence electrons. The van der Waals surface area contributed by atoms with Gasteiger partial charge >= 0.3 is 0 Å². The minimum absolute atomic E-state index is 0.767. The van der Waals surface area contributed by atoms with Crippen molar-refractivity contribution in [2.45, 2.75) is 11.9 Å². The highest BCUT2D eigenvalue weighted by molar-refractivity contribution is 9.08. The molecule has 0 unspecified atom stereocenters. The van der Waals surface area contributed by atoms with Crippen LogP contribution in [0.15, 0.2) is 30.6 Å². The van der Waals surface area contributed by atoms with Crippen LogP contribution in [0.3, 0.4) is 0 Å². The molecule has 0 aliphatic carbocycles. The molecule has 0 saturated carbocycles. The Bertz CT molecular complexity index is 539. The smallest absolute Gasteiger partial charge is 0.0539 e. The van der Waals surface area contributed by atoms with Crippen LogP contribution in [0.4, 0.5) is 5.69 Å². The van der Waals surface area contributed by atoms with E-state index in [0.29, 0.717) is 0 Å². The highest BCUT2D eigenvalue weighted by Crippen LogP contribution is 2.26. The van der Waals surface area contributed by atoms with Crippen molar-refractivity contribution >= 4 is 33.2 Å². The lowest BCUT2D eigenvalue weighted by molar-refractivity contribution is 0.766. The number of anilines is 1. The van der Waals surface area contributed by atoms with Gasteiger partial charge in [-0.05, 0) is 23.8 Å². The third kappa shape index (κ3) is 3.06. The molecule has 2 rings (SSSR count). The van der Waals surface area contributed by atoms with Crippen LogP contribution in [0, 0.1) is 0 Å². The predicted octanol–water partition coefficient (Wildman–Crippen LogP) is 3.60. The van der Waals surface area contributed by atoms with Gasteiger partial charge in [-0.3, -0.25) is 4.68 Å². The van der Waals surface area contributed by atoms with E-state index in [1.165, 1.54) is 16.8 Å². The summed E-state index contributed by atoms with van der Waals surface area (Å²) < 4.78 is 1.82. The van der Waals surface area contributed by atoms with Gasteiger partial charge in [-0.25, -0.2) is 0 Å². The number of rotatable bonds is 4. The second kappa shape index (κ2) is 5.76. The van der Waals surface area contributed by atoms with Crippen molar-refractivity contribution in [3.05, 3.63) is 46.7 Å². The third-order valence-corrected chi connectivity index (χ3v) is 3.61. The summed E-state index contributed by atoms with van der Waals surface area (Å²) in [5.74, 6) is 0. The lowest BCUT2D eigenvalue weighted by Crippen LogP contribution is -2.17. The van der Waals surface area contributed by atoms with Gasteiger partial charge in [0.15, 0.2) is 0 Å². The van der Waals surface area contributed by atoms with Gasteiger partial charge < -0.3 is 4.90 Å². The molecule has 0 aliphatic rings. The Balaban J connectivity index is 2.20. The van der Waals surface area contributed by atoms with Crippen LogP contribution in [0.25, 0.3) is 0 Å². The van der Waals surface area contributed by atoms with Crippen molar-refractivity contribution in [3.8, 4) is 0 Å². The minimum atomic E-state index is 0.767. The fourth-order valence-electron chi connectivity index (χ4n) is 1.95. The fourth-order valence-corrected chi connectivity index (χ4v) is 2.59. The average molecular weight is 329 g/mol. The summed E-state index contributed by atoms with van der Waals surface area (Å²) >= 11 is 9.51. The maximum Gasteiger partial charge on any atom is 0.0539 e. The van der Waals surface area contributed by atoms with Crippen molar-refractivity contribution in [2.24, 2.45) is 7.05 Å². The van der Waals surface area contributed by atoms with E-state index in [0.717, 1.165) is 16.9 Å². The van der Waals surface area contributed by atoms with Crippen LogP contribution < -0.4 is 4.90 Å². The van der Waals surface area contributed by atoms with Crippen LogP contribution in [0.5, 0.6) is 0 Å². The monoisotopic (exact) mass is 327 g/mol. The largest absolute Gasteiger partial charge is 0.370 e. The Kier molecular flexibility index (Phi) is 4.30. The summed E-state index contributed by atoms with van der Waals surface area (Å²) in [4.78, 5) is 2.20. The lowest BCUT2D eigenvalue weighted by atomic mass is 10.2. The molecule has 1 heterocycles. The number of benzene rings is 1. The fraction of sp³-hybridized carbons (Fsp3) is 0.308. The zero-order valence-corrected chi connectivity index (χ0v) is 12.7. The molecule has 18 heavy (non-hydrogen) atoms. The Hall–Kier alpha value is -1.000. The number of halogens is 2. The molecule has 0 N–H and O–H groups in total. The van der Waals surface area contributed by atoms with E-state index < -0.39 is 0 Å². The summed E-state index contributed by atoms with van der Waals surface area (Å²) in [5, 5.41) is 5.74. The molecule has 3 nitrogen and oxygen atoms in total. The van der Waals surface area contributed by atoms with Crippen LogP contribution in [0.1, 0.15) is 11.1 Å². The summed E-state index contributed by atoms with van der Waals surface area (Å²) in [6.45, 7) is 0.829. The zero-order chi connectivity index (χ0) is 13.1. The highest BCUT2D eigenvalue weighted by Gasteiger charge is 2.08. The van der Waals surface area contributed by atoms with Gasteiger partial charge in [0.25, 0.3) is 0 Å². The molecule has 0 spiro atoms. The van der Waals surface area contributed by atoms with Crippen molar-refractivity contribution in [3.63, 3.8) is 0 Å². The van der Waals surface area contributed by atoms with Gasteiger partial charge in [0.2, 0.25) is 0 Å². The SMILES string of the molecule is CN(Cc1cnn(C)c1)c1ccc(Cl)cc1CBr. The average Bonchev–Trinajstić information content (AvgIpc) is 2.74. The first-order valence-corrected chi connectivity index (χ1v) is 7.13. The van der Waals surface area contributed by atoms with Crippen LogP contribution in [-0.4, -0.2) is 16.8 Å². The Morgan fingerprint density at radius 3 is 2.83 bits per heavy atom. The van der Waals surface area contributed by atoms with Gasteiger partial charge in [0.05, 0.1) is 6.20 Å². The standard InChI is InChI=1S/C13H15BrClN3/c1-17(8-10-7-16-18(2)9-10)13-4-3-12(15)5-11(13)6-14/h3-5,7,9H,6,8H2,1-2H3. The summed E-state index contributed by atoms with van der Waals surface area (Å²) in [7, 11) is 4.00. The maximum absolute atomic E-state index is 6.01. The van der Waals surface area contributed by atoms with E-state index >= 15 is 0 Å². The number of hydrogen-bond acceptors (Lipinski definition) is 2. The molecule has 5 heteroatoms. The lowest BCUT2D eigenvalue weighted by Gasteiger charge is -2.21. The molecule has 1 aromatic carbocycles. The second-order valence-corrected chi connectivity index (χ2v) is 5.28. The van der Waals surface area contributed by atoms with Crippen LogP contribution >= 0.6 is 27.5 Å². The van der Waals surface area contributed by atoms with Crippen molar-refractivity contribution in [1.29, 1.82) is 0 Å². The topological polar surface area (TPSA) is 21.1 Å². The van der Waals surface area contributed by atoms with E-state index in [1.54, 1.807) is 0 Å². The first-order valence-electron chi connectivity index (χ1n) is 5.63. The van der Waals surface area contributed by atoms with Crippen molar-refractivity contribution in [1.82, 2.24) is 9.78 Å². The number of alkyl halides is 1. The first kappa shape index (κ1) is 13.4. The van der Waals surface area contributed by atoms with Gasteiger partial charge in [-0.2, -0.15) is 5.10 Å². The molecule has 0 amide bonds. The van der Waals surface area contributed by atoms with E-state index in [2.05, 4.69) is 39.0 Å². The number of aromatic nitrogens is 2. The normalized spacial score (nSPS) is 10.7. The Labute approximate surface area is 120 Å². The van der Waals surface area contributed by atoms with E-state index in [1.807, 2.05) is 36.3 Å². The van der Waals surface area contributed by atoms with Gasteiger partial charge in [-0.1, -0.05) is 27.5 Å². The maximum atomic E-state index is 6.01. The molecule has 0 fully saturated rings. The molecule has 0 saturated heterocycles. The first-order chi connectivity index (χ1) is 8.60. The van der Waals surface area contributed by atoms with Gasteiger partial charge in [-0.15, -0.1) is 0 Å². The number of hydrogen-bond donors (Lipinski definition) is 0. The quantitative estimate of drug-likeness (QED) is 0.800. The second-order valence-electron chi connectivity index (χ2n) is 4.28. The minimum Gasteiger partial charge on any atom is -0.370 e. The van der Waals surface area contributed by atoms with Crippen LogP contribution in [-0.2, 0) is 18.9 Å². The molecule has 0 atom stereocenters. The van der Waals surface area contributed by atoms with Gasteiger partial charge in [0, 0.05) is 48.4 Å². The molecule has 2 aromatic rings. The third-order valence-electron chi connectivity index (χ3n) is 2.77. The summed E-state index contributed by atoms with van der Waals surface area (Å²) in [5.41, 5.74) is 3.56. The molecule has 0 aliphatic heterocycles. The van der Waals surface area contributed by atoms with Crippen LogP contribution in [0.2, 0.25) is 5.02 Å². The molecule has 0 radical (unpaired) electrons. The van der Waals surface area contributed by atoms with E-state index in [-0.39, 0.29) is 0 Å². The Morgan fingerprint density at radius 1 is 1.44 bits per heavy atom. The number of aryl methyl sites for hydroxylation is 1. The van der Waals surface area contributed by atoms with E-state index in [4.69, 9.17) is 11.6 Å². The zero-order valence-electron chi connectivity index (χ0n) is 10.4. The summed E-state index contributed by atoms with van der Waals surface area (Å²) in [6.07, 6.45) is 3.92. The number of nitrogens with zero attached hydrogens (tertiary/aromatic N) is 3. The Morgan fingerprint density at radius 2 is 2.22 bits per heavy atom. The highest BCUT2D eigenvalue weighted by atomic mass is 79.9. The molecule has 0 bridgehead atoms. The summed E-state index contributed by atoms with van der Waals surface area (Å²) in [6, 6.07) is 5.96. The van der Waals surface area contributed by atoms with Crippen molar-refractivity contribution < 1.29 is 0 Å². The van der Waals surface area contributed by atoms with Crippen molar-refractivity contribution in [2.75, 3.05) is 11.9 Å². The van der Waals surface area contributed by atoms with Gasteiger partial charge in [0.1, 0.15) is 0 Å². The predicted molar refractivity (Wildman–Crippen MR) is 79.4 cm³/mol. The molecular weight excluding hydrogens is 314 g/mol. The van der Waals surface area contributed by atoms with E-state index in [9.17, 15) is 0 Å². The molecule has 1 aromatic heterocycles. The molecular formula is C13H15BrClN3.